The minimum Gasteiger partial charge on any atom is -0.312 e. The summed E-state index contributed by atoms with van der Waals surface area (Å²) in [6, 6.07) is 7.26. The summed E-state index contributed by atoms with van der Waals surface area (Å²) in [5.74, 6) is -0.0880. The maximum Gasteiger partial charge on any atom is 0.127 e. The monoisotopic (exact) mass is 221 g/mol. The molecule has 1 aliphatic carbocycles. The van der Waals surface area contributed by atoms with Crippen LogP contribution in [-0.4, -0.2) is 7.05 Å². The van der Waals surface area contributed by atoms with E-state index in [-0.39, 0.29) is 17.3 Å². The van der Waals surface area contributed by atoms with Gasteiger partial charge >= 0.3 is 0 Å². The van der Waals surface area contributed by atoms with Gasteiger partial charge in [0, 0.05) is 11.6 Å². The zero-order chi connectivity index (χ0) is 11.6. The van der Waals surface area contributed by atoms with Crippen LogP contribution in [0.3, 0.4) is 0 Å². The summed E-state index contributed by atoms with van der Waals surface area (Å²) in [4.78, 5) is 0. The van der Waals surface area contributed by atoms with Crippen molar-refractivity contribution in [2.24, 2.45) is 5.41 Å². The molecule has 0 radical (unpaired) electrons. The van der Waals surface area contributed by atoms with E-state index in [9.17, 15) is 4.39 Å². The van der Waals surface area contributed by atoms with E-state index in [1.165, 1.54) is 25.7 Å². The summed E-state index contributed by atoms with van der Waals surface area (Å²) in [6.45, 7) is 2.27. The van der Waals surface area contributed by atoms with E-state index in [1.807, 2.05) is 19.2 Å². The molecule has 1 fully saturated rings. The fourth-order valence-electron chi connectivity index (χ4n) is 3.06. The largest absolute Gasteiger partial charge is 0.312 e. The van der Waals surface area contributed by atoms with Crippen LogP contribution in [0.25, 0.3) is 0 Å². The standard InChI is InChI=1S/C14H20FN/c1-14(9-5-6-10-14)13(16-2)11-7-3-4-8-12(11)15/h3-4,7-8,13,16H,5-6,9-10H2,1-2H3. The first-order valence-corrected chi connectivity index (χ1v) is 6.09. The molecule has 1 nitrogen and oxygen atoms in total. The fourth-order valence-corrected chi connectivity index (χ4v) is 3.06. The van der Waals surface area contributed by atoms with Gasteiger partial charge in [-0.1, -0.05) is 38.0 Å². The summed E-state index contributed by atoms with van der Waals surface area (Å²) in [6.07, 6.45) is 4.91. The van der Waals surface area contributed by atoms with Crippen LogP contribution in [-0.2, 0) is 0 Å². The second-order valence-electron chi connectivity index (χ2n) is 5.10. The van der Waals surface area contributed by atoms with Gasteiger partial charge in [0.1, 0.15) is 5.82 Å². The second kappa shape index (κ2) is 4.54. The Hall–Kier alpha value is -0.890. The molecule has 0 saturated heterocycles. The van der Waals surface area contributed by atoms with Gasteiger partial charge in [-0.2, -0.15) is 0 Å². The van der Waals surface area contributed by atoms with Gasteiger partial charge < -0.3 is 5.32 Å². The summed E-state index contributed by atoms with van der Waals surface area (Å²) in [5.41, 5.74) is 1.02. The molecule has 1 aromatic carbocycles. The highest BCUT2D eigenvalue weighted by molar-refractivity contribution is 5.23. The normalized spacial score (nSPS) is 20.9. The first kappa shape index (κ1) is 11.6. The van der Waals surface area contributed by atoms with Crippen molar-refractivity contribution in [1.82, 2.24) is 5.32 Å². The highest BCUT2D eigenvalue weighted by atomic mass is 19.1. The number of nitrogens with one attached hydrogen (secondary N) is 1. The van der Waals surface area contributed by atoms with Gasteiger partial charge in [-0.05, 0) is 31.4 Å². The average molecular weight is 221 g/mol. The molecule has 2 heteroatoms. The van der Waals surface area contributed by atoms with E-state index in [4.69, 9.17) is 0 Å². The van der Waals surface area contributed by atoms with E-state index in [1.54, 1.807) is 12.1 Å². The molecule has 16 heavy (non-hydrogen) atoms. The molecule has 1 aromatic rings. The molecule has 1 unspecified atom stereocenters. The maximum atomic E-state index is 13.8. The lowest BCUT2D eigenvalue weighted by atomic mass is 9.77. The molecule has 1 atom stereocenters. The molecule has 1 aliphatic rings. The van der Waals surface area contributed by atoms with Gasteiger partial charge in [-0.15, -0.1) is 0 Å². The fraction of sp³-hybridized carbons (Fsp3) is 0.571. The zero-order valence-corrected chi connectivity index (χ0v) is 10.1. The topological polar surface area (TPSA) is 12.0 Å². The Balaban J connectivity index is 2.32. The lowest BCUT2D eigenvalue weighted by Crippen LogP contribution is -2.32. The van der Waals surface area contributed by atoms with Crippen molar-refractivity contribution in [2.45, 2.75) is 38.6 Å². The molecule has 1 saturated carbocycles. The van der Waals surface area contributed by atoms with Crippen LogP contribution in [0.15, 0.2) is 24.3 Å². The molecule has 0 spiro atoms. The van der Waals surface area contributed by atoms with E-state index in [0.717, 1.165) is 5.56 Å². The van der Waals surface area contributed by atoms with Crippen molar-refractivity contribution >= 4 is 0 Å². The average Bonchev–Trinajstić information content (AvgIpc) is 2.70. The molecular formula is C14H20FN. The second-order valence-corrected chi connectivity index (χ2v) is 5.10. The van der Waals surface area contributed by atoms with Crippen molar-refractivity contribution in [3.05, 3.63) is 35.6 Å². The Kier molecular flexibility index (Phi) is 3.29. The van der Waals surface area contributed by atoms with Gasteiger partial charge in [0.05, 0.1) is 0 Å². The summed E-state index contributed by atoms with van der Waals surface area (Å²) >= 11 is 0. The number of halogens is 1. The summed E-state index contributed by atoms with van der Waals surface area (Å²) in [5, 5.41) is 3.30. The van der Waals surface area contributed by atoms with Crippen LogP contribution in [0.2, 0.25) is 0 Å². The SMILES string of the molecule is CNC(c1ccccc1F)C1(C)CCCC1. The minimum absolute atomic E-state index is 0.0880. The molecule has 0 bridgehead atoms. The first-order valence-electron chi connectivity index (χ1n) is 6.09. The van der Waals surface area contributed by atoms with Gasteiger partial charge in [0.15, 0.2) is 0 Å². The number of benzene rings is 1. The maximum absolute atomic E-state index is 13.8. The minimum atomic E-state index is -0.0880. The predicted octanol–water partition coefficient (Wildman–Crippen LogP) is 3.67. The van der Waals surface area contributed by atoms with Crippen LogP contribution >= 0.6 is 0 Å². The number of hydrogen-bond donors (Lipinski definition) is 1. The molecule has 0 heterocycles. The lowest BCUT2D eigenvalue weighted by molar-refractivity contribution is 0.229. The Morgan fingerprint density at radius 1 is 1.25 bits per heavy atom. The van der Waals surface area contributed by atoms with Crippen LogP contribution in [0, 0.1) is 11.2 Å². The van der Waals surface area contributed by atoms with Gasteiger partial charge in [-0.3, -0.25) is 0 Å². The first-order chi connectivity index (χ1) is 7.67. The van der Waals surface area contributed by atoms with Gasteiger partial charge in [0.2, 0.25) is 0 Å². The third-order valence-corrected chi connectivity index (χ3v) is 3.95. The Morgan fingerprint density at radius 2 is 1.88 bits per heavy atom. The molecule has 88 valence electrons. The van der Waals surface area contributed by atoms with E-state index < -0.39 is 0 Å². The van der Waals surface area contributed by atoms with E-state index in [2.05, 4.69) is 12.2 Å². The Labute approximate surface area is 97.1 Å². The third-order valence-electron chi connectivity index (χ3n) is 3.95. The molecule has 0 amide bonds. The van der Waals surface area contributed by atoms with Crippen LogP contribution in [0.5, 0.6) is 0 Å². The molecular weight excluding hydrogens is 201 g/mol. The predicted molar refractivity (Wildman–Crippen MR) is 64.8 cm³/mol. The van der Waals surface area contributed by atoms with Crippen LogP contribution < -0.4 is 5.32 Å². The number of rotatable bonds is 3. The van der Waals surface area contributed by atoms with Crippen LogP contribution in [0.1, 0.15) is 44.2 Å². The highest BCUT2D eigenvalue weighted by Crippen LogP contribution is 2.47. The van der Waals surface area contributed by atoms with Crippen molar-refractivity contribution in [2.75, 3.05) is 7.05 Å². The quantitative estimate of drug-likeness (QED) is 0.821. The molecule has 0 aliphatic heterocycles. The van der Waals surface area contributed by atoms with Crippen molar-refractivity contribution in [3.63, 3.8) is 0 Å². The highest BCUT2D eigenvalue weighted by Gasteiger charge is 2.37. The third kappa shape index (κ3) is 1.99. The lowest BCUT2D eigenvalue weighted by Gasteiger charge is -2.34. The van der Waals surface area contributed by atoms with Crippen LogP contribution in [0.4, 0.5) is 4.39 Å². The number of hydrogen-bond acceptors (Lipinski definition) is 1. The Morgan fingerprint density at radius 3 is 2.44 bits per heavy atom. The van der Waals surface area contributed by atoms with Gasteiger partial charge in [0.25, 0.3) is 0 Å². The Bertz CT molecular complexity index is 356. The molecule has 2 rings (SSSR count). The van der Waals surface area contributed by atoms with Crippen molar-refractivity contribution in [1.29, 1.82) is 0 Å². The van der Waals surface area contributed by atoms with Crippen molar-refractivity contribution in [3.8, 4) is 0 Å². The zero-order valence-electron chi connectivity index (χ0n) is 10.1. The summed E-state index contributed by atoms with van der Waals surface area (Å²) < 4.78 is 13.8. The van der Waals surface area contributed by atoms with E-state index in [0.29, 0.717) is 0 Å². The van der Waals surface area contributed by atoms with E-state index >= 15 is 0 Å². The van der Waals surface area contributed by atoms with Gasteiger partial charge in [-0.25, -0.2) is 4.39 Å². The smallest absolute Gasteiger partial charge is 0.127 e. The molecule has 0 aromatic heterocycles. The summed E-state index contributed by atoms with van der Waals surface area (Å²) in [7, 11) is 1.93. The van der Waals surface area contributed by atoms with Crippen molar-refractivity contribution < 1.29 is 4.39 Å². The molecule has 1 N–H and O–H groups in total.